The number of anilines is 1. The molecule has 0 saturated carbocycles. The van der Waals surface area contributed by atoms with Crippen molar-refractivity contribution in [3.8, 4) is 11.5 Å². The fraction of sp³-hybridized carbons (Fsp3) is 0.350. The fourth-order valence-corrected chi connectivity index (χ4v) is 3.51. The van der Waals surface area contributed by atoms with E-state index in [1.54, 1.807) is 0 Å². The van der Waals surface area contributed by atoms with E-state index in [9.17, 15) is 4.79 Å². The van der Waals surface area contributed by atoms with Crippen molar-refractivity contribution in [2.45, 2.75) is 34.1 Å². The summed E-state index contributed by atoms with van der Waals surface area (Å²) in [6, 6.07) is 7.49. The van der Waals surface area contributed by atoms with Crippen LogP contribution in [0.3, 0.4) is 0 Å². The normalized spacial score (nSPS) is 10.5. The van der Waals surface area contributed by atoms with Gasteiger partial charge in [0.15, 0.2) is 11.5 Å². The molecule has 0 bridgehead atoms. The van der Waals surface area contributed by atoms with E-state index in [-0.39, 0.29) is 12.3 Å². The zero-order valence-electron chi connectivity index (χ0n) is 15.4. The molecule has 0 heterocycles. The van der Waals surface area contributed by atoms with Gasteiger partial charge in [0.05, 0.1) is 30.3 Å². The molecule has 26 heavy (non-hydrogen) atoms. The van der Waals surface area contributed by atoms with Crippen LogP contribution in [0.4, 0.5) is 5.69 Å². The van der Waals surface area contributed by atoms with Gasteiger partial charge in [-0.15, -0.1) is 0 Å². The molecule has 0 atom stereocenters. The Bertz CT molecular complexity index is 785. The van der Waals surface area contributed by atoms with Gasteiger partial charge in [0, 0.05) is 4.47 Å². The summed E-state index contributed by atoms with van der Waals surface area (Å²) in [5, 5.41) is 3.45. The highest BCUT2D eigenvalue weighted by atomic mass is 79.9. The van der Waals surface area contributed by atoms with E-state index < -0.39 is 0 Å². The summed E-state index contributed by atoms with van der Waals surface area (Å²) in [4.78, 5) is 12.5. The maximum Gasteiger partial charge on any atom is 0.228 e. The lowest BCUT2D eigenvalue weighted by Gasteiger charge is -2.15. The Morgan fingerprint density at radius 3 is 2.27 bits per heavy atom. The summed E-state index contributed by atoms with van der Waals surface area (Å²) < 4.78 is 12.0. The van der Waals surface area contributed by atoms with Crippen LogP contribution in [-0.4, -0.2) is 19.1 Å². The SMILES string of the molecule is CCOc1cc(Br)c(CC(=O)Nc2c(C)cc(C)cc2Cl)cc1OCC. The van der Waals surface area contributed by atoms with E-state index in [1.807, 2.05) is 52.0 Å². The molecule has 1 amide bonds. The highest BCUT2D eigenvalue weighted by Gasteiger charge is 2.15. The quantitative estimate of drug-likeness (QED) is 0.601. The van der Waals surface area contributed by atoms with Crippen LogP contribution in [0.2, 0.25) is 5.02 Å². The number of carbonyl (C=O) groups is 1. The third kappa shape index (κ3) is 5.15. The van der Waals surface area contributed by atoms with Crippen LogP contribution >= 0.6 is 27.5 Å². The Hall–Kier alpha value is -1.72. The standard InChI is InChI=1S/C20H23BrClNO3/c1-5-25-17-9-14(15(21)11-18(17)26-6-2)10-19(24)23-20-13(4)7-12(3)8-16(20)22/h7-9,11H,5-6,10H2,1-4H3,(H,23,24). The Morgan fingerprint density at radius 2 is 1.69 bits per heavy atom. The number of hydrogen-bond donors (Lipinski definition) is 1. The van der Waals surface area contributed by atoms with Crippen molar-refractivity contribution < 1.29 is 14.3 Å². The molecule has 2 aromatic carbocycles. The first-order valence-corrected chi connectivity index (χ1v) is 9.67. The minimum Gasteiger partial charge on any atom is -0.490 e. The first-order valence-electron chi connectivity index (χ1n) is 8.50. The first kappa shape index (κ1) is 20.6. The number of ether oxygens (including phenoxy) is 2. The molecule has 1 N–H and O–H groups in total. The molecular weight excluding hydrogens is 418 g/mol. The summed E-state index contributed by atoms with van der Waals surface area (Å²) in [5.74, 6) is 1.14. The van der Waals surface area contributed by atoms with Gasteiger partial charge < -0.3 is 14.8 Å². The summed E-state index contributed by atoms with van der Waals surface area (Å²) in [5.41, 5.74) is 3.45. The Kier molecular flexibility index (Phi) is 7.35. The highest BCUT2D eigenvalue weighted by Crippen LogP contribution is 2.34. The topological polar surface area (TPSA) is 47.6 Å². The monoisotopic (exact) mass is 439 g/mol. The fourth-order valence-electron chi connectivity index (χ4n) is 2.68. The van der Waals surface area contributed by atoms with E-state index in [2.05, 4.69) is 21.2 Å². The van der Waals surface area contributed by atoms with Gasteiger partial charge in [-0.1, -0.05) is 33.6 Å². The second kappa shape index (κ2) is 9.28. The summed E-state index contributed by atoms with van der Waals surface area (Å²) in [7, 11) is 0. The number of nitrogens with one attached hydrogen (secondary N) is 1. The zero-order valence-corrected chi connectivity index (χ0v) is 17.8. The lowest BCUT2D eigenvalue weighted by Crippen LogP contribution is -2.16. The molecule has 0 aliphatic carbocycles. The zero-order chi connectivity index (χ0) is 19.3. The molecule has 0 radical (unpaired) electrons. The van der Waals surface area contributed by atoms with Crippen LogP contribution < -0.4 is 14.8 Å². The minimum absolute atomic E-state index is 0.147. The van der Waals surface area contributed by atoms with Crippen molar-refractivity contribution in [1.29, 1.82) is 0 Å². The number of benzene rings is 2. The van der Waals surface area contributed by atoms with Crippen LogP contribution in [0.1, 0.15) is 30.5 Å². The maximum absolute atomic E-state index is 12.5. The van der Waals surface area contributed by atoms with Crippen LogP contribution in [0, 0.1) is 13.8 Å². The molecule has 6 heteroatoms. The summed E-state index contributed by atoms with van der Waals surface area (Å²) in [6.45, 7) is 8.78. The Labute approximate surface area is 168 Å². The minimum atomic E-state index is -0.147. The molecule has 0 saturated heterocycles. The molecule has 0 aliphatic rings. The van der Waals surface area contributed by atoms with Gasteiger partial charge in [0.1, 0.15) is 0 Å². The van der Waals surface area contributed by atoms with E-state index in [1.165, 1.54) is 0 Å². The van der Waals surface area contributed by atoms with Gasteiger partial charge in [-0.2, -0.15) is 0 Å². The van der Waals surface area contributed by atoms with Gasteiger partial charge in [-0.25, -0.2) is 0 Å². The number of halogens is 2. The van der Waals surface area contributed by atoms with Crippen molar-refractivity contribution in [2.75, 3.05) is 18.5 Å². The van der Waals surface area contributed by atoms with E-state index in [0.717, 1.165) is 21.2 Å². The molecule has 4 nitrogen and oxygen atoms in total. The van der Waals surface area contributed by atoms with Crippen molar-refractivity contribution >= 4 is 39.1 Å². The third-order valence-corrected chi connectivity index (χ3v) is 4.80. The number of amides is 1. The largest absolute Gasteiger partial charge is 0.490 e. The van der Waals surface area contributed by atoms with Crippen LogP contribution in [0.25, 0.3) is 0 Å². The lowest BCUT2D eigenvalue weighted by atomic mass is 10.1. The first-order chi connectivity index (χ1) is 12.3. The molecule has 2 rings (SSSR count). The molecule has 2 aromatic rings. The average Bonchev–Trinajstić information content (AvgIpc) is 2.55. The van der Waals surface area contributed by atoms with Gasteiger partial charge in [-0.05, 0) is 62.6 Å². The number of carbonyl (C=O) groups excluding carboxylic acids is 1. The van der Waals surface area contributed by atoms with Crippen molar-refractivity contribution in [3.63, 3.8) is 0 Å². The predicted molar refractivity (Wildman–Crippen MR) is 110 cm³/mol. The van der Waals surface area contributed by atoms with Crippen LogP contribution in [-0.2, 0) is 11.2 Å². The molecule has 0 fully saturated rings. The van der Waals surface area contributed by atoms with E-state index in [4.69, 9.17) is 21.1 Å². The van der Waals surface area contributed by atoms with E-state index >= 15 is 0 Å². The Balaban J connectivity index is 2.22. The average molecular weight is 441 g/mol. The highest BCUT2D eigenvalue weighted by molar-refractivity contribution is 9.10. The molecule has 140 valence electrons. The van der Waals surface area contributed by atoms with Crippen LogP contribution in [0.15, 0.2) is 28.7 Å². The van der Waals surface area contributed by atoms with Gasteiger partial charge in [0.25, 0.3) is 0 Å². The number of rotatable bonds is 7. The van der Waals surface area contributed by atoms with Crippen LogP contribution in [0.5, 0.6) is 11.5 Å². The predicted octanol–water partition coefficient (Wildman–Crippen LogP) is 5.70. The van der Waals surface area contributed by atoms with Gasteiger partial charge in [-0.3, -0.25) is 4.79 Å². The van der Waals surface area contributed by atoms with Crippen molar-refractivity contribution in [2.24, 2.45) is 0 Å². The summed E-state index contributed by atoms with van der Waals surface area (Å²) in [6.07, 6.45) is 0.191. The smallest absolute Gasteiger partial charge is 0.228 e. The van der Waals surface area contributed by atoms with Crippen molar-refractivity contribution in [3.05, 3.63) is 50.5 Å². The molecule has 0 spiro atoms. The van der Waals surface area contributed by atoms with E-state index in [0.29, 0.717) is 35.4 Å². The molecule has 0 aliphatic heterocycles. The number of hydrogen-bond acceptors (Lipinski definition) is 3. The van der Waals surface area contributed by atoms with Gasteiger partial charge in [0.2, 0.25) is 5.91 Å². The number of aryl methyl sites for hydroxylation is 2. The molecule has 0 unspecified atom stereocenters. The lowest BCUT2D eigenvalue weighted by molar-refractivity contribution is -0.115. The van der Waals surface area contributed by atoms with Crippen molar-refractivity contribution in [1.82, 2.24) is 0 Å². The second-order valence-electron chi connectivity index (χ2n) is 5.92. The van der Waals surface area contributed by atoms with Gasteiger partial charge >= 0.3 is 0 Å². The second-order valence-corrected chi connectivity index (χ2v) is 7.18. The third-order valence-electron chi connectivity index (χ3n) is 3.76. The summed E-state index contributed by atoms with van der Waals surface area (Å²) >= 11 is 9.79. The maximum atomic E-state index is 12.5. The molecule has 0 aromatic heterocycles. The molecular formula is C20H23BrClNO3. The Morgan fingerprint density at radius 1 is 1.08 bits per heavy atom.